The van der Waals surface area contributed by atoms with Gasteiger partial charge in [-0.15, -0.1) is 0 Å². The lowest BCUT2D eigenvalue weighted by Gasteiger charge is -1.90. The van der Waals surface area contributed by atoms with E-state index in [4.69, 9.17) is 0 Å². The van der Waals surface area contributed by atoms with Gasteiger partial charge in [-0.3, -0.25) is 0 Å². The van der Waals surface area contributed by atoms with Gasteiger partial charge in [0.1, 0.15) is 5.78 Å². The fraction of sp³-hybridized carbons (Fsp3) is 0.917. The van der Waals surface area contributed by atoms with E-state index in [9.17, 15) is 4.79 Å². The average molecular weight is 188 g/mol. The topological polar surface area (TPSA) is 17.1 Å². The summed E-state index contributed by atoms with van der Waals surface area (Å²) in [4.78, 5) is 10.3. The summed E-state index contributed by atoms with van der Waals surface area (Å²) in [5.41, 5.74) is 0. The SMILES string of the molecule is CC.CCC.CCCCCC(C)=O. The Labute approximate surface area is 84.9 Å². The number of hydrogen-bond donors (Lipinski definition) is 0. The molecule has 0 fully saturated rings. The molecule has 0 aromatic heterocycles. The lowest BCUT2D eigenvalue weighted by atomic mass is 10.2. The van der Waals surface area contributed by atoms with Gasteiger partial charge in [-0.2, -0.15) is 0 Å². The summed E-state index contributed by atoms with van der Waals surface area (Å²) in [5, 5.41) is 0. The molecule has 0 rings (SSSR count). The summed E-state index contributed by atoms with van der Waals surface area (Å²) in [6.07, 6.45) is 5.49. The van der Waals surface area contributed by atoms with Crippen molar-refractivity contribution >= 4 is 5.78 Å². The van der Waals surface area contributed by atoms with E-state index < -0.39 is 0 Å². The summed E-state index contributed by atoms with van der Waals surface area (Å²) in [6.45, 7) is 12.0. The van der Waals surface area contributed by atoms with Crippen LogP contribution in [0.3, 0.4) is 0 Å². The average Bonchev–Trinajstić information content (AvgIpc) is 2.09. The number of rotatable bonds is 4. The highest BCUT2D eigenvalue weighted by Crippen LogP contribution is 1.98. The van der Waals surface area contributed by atoms with Crippen molar-refractivity contribution < 1.29 is 4.79 Å². The third-order valence-electron chi connectivity index (χ3n) is 1.13. The molecule has 0 aromatic rings. The molecular weight excluding hydrogens is 160 g/mol. The molecule has 0 N–H and O–H groups in total. The number of unbranched alkanes of at least 4 members (excludes halogenated alkanes) is 2. The molecule has 0 atom stereocenters. The van der Waals surface area contributed by atoms with Crippen LogP contribution in [0.15, 0.2) is 0 Å². The van der Waals surface area contributed by atoms with Crippen molar-refractivity contribution in [2.75, 3.05) is 0 Å². The summed E-state index contributed by atoms with van der Waals surface area (Å²) >= 11 is 0. The fourth-order valence-electron chi connectivity index (χ4n) is 0.624. The van der Waals surface area contributed by atoms with Crippen LogP contribution in [0.1, 0.15) is 73.6 Å². The van der Waals surface area contributed by atoms with E-state index in [1.165, 1.54) is 19.3 Å². The van der Waals surface area contributed by atoms with Gasteiger partial charge in [-0.1, -0.05) is 53.9 Å². The molecule has 0 aliphatic rings. The normalized spacial score (nSPS) is 7.54. The molecule has 0 spiro atoms. The summed E-state index contributed by atoms with van der Waals surface area (Å²) in [6, 6.07) is 0. The first kappa shape index (κ1) is 18.5. The van der Waals surface area contributed by atoms with E-state index in [1.807, 2.05) is 13.8 Å². The van der Waals surface area contributed by atoms with Gasteiger partial charge in [-0.05, 0) is 13.3 Å². The van der Waals surface area contributed by atoms with Crippen LogP contribution in [0.5, 0.6) is 0 Å². The monoisotopic (exact) mass is 188 g/mol. The molecular formula is C12H28O. The largest absolute Gasteiger partial charge is 0.300 e. The predicted molar refractivity (Wildman–Crippen MR) is 62.1 cm³/mol. The third kappa shape index (κ3) is 50.0. The Hall–Kier alpha value is -0.330. The lowest BCUT2D eigenvalue weighted by Crippen LogP contribution is -1.87. The molecule has 1 heteroatoms. The second-order valence-electron chi connectivity index (χ2n) is 2.87. The lowest BCUT2D eigenvalue weighted by molar-refractivity contribution is -0.117. The molecule has 82 valence electrons. The first-order valence-corrected chi connectivity index (χ1v) is 5.68. The van der Waals surface area contributed by atoms with Crippen molar-refractivity contribution in [1.29, 1.82) is 0 Å². The van der Waals surface area contributed by atoms with Crippen LogP contribution in [0.25, 0.3) is 0 Å². The van der Waals surface area contributed by atoms with Gasteiger partial charge < -0.3 is 4.79 Å². The van der Waals surface area contributed by atoms with Crippen LogP contribution in [-0.2, 0) is 4.79 Å². The van der Waals surface area contributed by atoms with Crippen LogP contribution >= 0.6 is 0 Å². The number of Topliss-reactive ketones (excluding diaryl/α,β-unsaturated/α-hetero) is 1. The van der Waals surface area contributed by atoms with Gasteiger partial charge >= 0.3 is 0 Å². The summed E-state index contributed by atoms with van der Waals surface area (Å²) in [5.74, 6) is 0.318. The molecule has 0 aliphatic carbocycles. The van der Waals surface area contributed by atoms with E-state index in [1.54, 1.807) is 6.92 Å². The standard InChI is InChI=1S/C7H14O.C3H8.C2H6/c1-3-4-5-6-7(2)8;1-3-2;1-2/h3-6H2,1-2H3;3H2,1-2H3;1-2H3. The predicted octanol–water partition coefficient (Wildman–Crippen LogP) is 4.60. The summed E-state index contributed by atoms with van der Waals surface area (Å²) in [7, 11) is 0. The maximum atomic E-state index is 10.3. The van der Waals surface area contributed by atoms with Crippen LogP contribution in [0.4, 0.5) is 0 Å². The minimum atomic E-state index is 0.318. The summed E-state index contributed by atoms with van der Waals surface area (Å²) < 4.78 is 0. The van der Waals surface area contributed by atoms with Crippen molar-refractivity contribution in [3.63, 3.8) is 0 Å². The zero-order valence-electron chi connectivity index (χ0n) is 10.4. The Morgan fingerprint density at radius 3 is 1.62 bits per heavy atom. The smallest absolute Gasteiger partial charge is 0.129 e. The van der Waals surface area contributed by atoms with Crippen molar-refractivity contribution in [2.24, 2.45) is 0 Å². The van der Waals surface area contributed by atoms with Crippen LogP contribution < -0.4 is 0 Å². The van der Waals surface area contributed by atoms with Crippen molar-refractivity contribution in [3.8, 4) is 0 Å². The van der Waals surface area contributed by atoms with Crippen molar-refractivity contribution in [3.05, 3.63) is 0 Å². The number of carbonyl (C=O) groups is 1. The Balaban J connectivity index is -0.000000169. The first-order chi connectivity index (χ1) is 6.18. The van der Waals surface area contributed by atoms with Crippen LogP contribution in [0.2, 0.25) is 0 Å². The highest BCUT2D eigenvalue weighted by Gasteiger charge is 1.89. The Morgan fingerprint density at radius 1 is 1.00 bits per heavy atom. The van der Waals surface area contributed by atoms with Gasteiger partial charge in [-0.25, -0.2) is 0 Å². The van der Waals surface area contributed by atoms with Crippen molar-refractivity contribution in [2.45, 2.75) is 73.6 Å². The number of ketones is 1. The molecule has 0 saturated carbocycles. The molecule has 0 saturated heterocycles. The first-order valence-electron chi connectivity index (χ1n) is 5.68. The van der Waals surface area contributed by atoms with E-state index in [2.05, 4.69) is 20.8 Å². The second kappa shape index (κ2) is 22.6. The Bertz CT molecular complexity index is 77.2. The van der Waals surface area contributed by atoms with Gasteiger partial charge in [0.15, 0.2) is 0 Å². The van der Waals surface area contributed by atoms with Gasteiger partial charge in [0.2, 0.25) is 0 Å². The molecule has 1 nitrogen and oxygen atoms in total. The van der Waals surface area contributed by atoms with E-state index in [0.29, 0.717) is 5.78 Å². The Kier molecular flexibility index (Phi) is 32.1. The molecule has 0 heterocycles. The molecule has 0 radical (unpaired) electrons. The van der Waals surface area contributed by atoms with Gasteiger partial charge in [0, 0.05) is 6.42 Å². The minimum Gasteiger partial charge on any atom is -0.300 e. The zero-order chi connectivity index (χ0) is 11.1. The van der Waals surface area contributed by atoms with Crippen molar-refractivity contribution in [1.82, 2.24) is 0 Å². The zero-order valence-corrected chi connectivity index (χ0v) is 10.4. The molecule has 0 amide bonds. The molecule has 0 bridgehead atoms. The highest BCUT2D eigenvalue weighted by atomic mass is 16.1. The maximum absolute atomic E-state index is 10.3. The quantitative estimate of drug-likeness (QED) is 0.589. The molecule has 0 unspecified atom stereocenters. The van der Waals surface area contributed by atoms with E-state index >= 15 is 0 Å². The molecule has 0 aliphatic heterocycles. The second-order valence-corrected chi connectivity index (χ2v) is 2.87. The van der Waals surface area contributed by atoms with Crippen LogP contribution in [-0.4, -0.2) is 5.78 Å². The minimum absolute atomic E-state index is 0.318. The van der Waals surface area contributed by atoms with E-state index in [0.717, 1.165) is 12.8 Å². The molecule has 13 heavy (non-hydrogen) atoms. The van der Waals surface area contributed by atoms with E-state index in [-0.39, 0.29) is 0 Å². The van der Waals surface area contributed by atoms with Gasteiger partial charge in [0.05, 0.1) is 0 Å². The maximum Gasteiger partial charge on any atom is 0.129 e. The van der Waals surface area contributed by atoms with Gasteiger partial charge in [0.25, 0.3) is 0 Å². The number of hydrogen-bond acceptors (Lipinski definition) is 1. The van der Waals surface area contributed by atoms with Crippen LogP contribution in [0, 0.1) is 0 Å². The number of carbonyl (C=O) groups excluding carboxylic acids is 1. The molecule has 0 aromatic carbocycles. The fourth-order valence-corrected chi connectivity index (χ4v) is 0.624. The third-order valence-corrected chi connectivity index (χ3v) is 1.13. The highest BCUT2D eigenvalue weighted by molar-refractivity contribution is 5.75. The Morgan fingerprint density at radius 2 is 1.38 bits per heavy atom.